The van der Waals surface area contributed by atoms with Crippen molar-refractivity contribution in [3.05, 3.63) is 58.3 Å². The summed E-state index contributed by atoms with van der Waals surface area (Å²) in [6.07, 6.45) is 3.01. The first kappa shape index (κ1) is 17.9. The van der Waals surface area contributed by atoms with Gasteiger partial charge >= 0.3 is 6.03 Å². The van der Waals surface area contributed by atoms with Crippen LogP contribution in [0.2, 0.25) is 5.02 Å². The first-order valence-electron chi connectivity index (χ1n) is 8.86. The smallest absolute Gasteiger partial charge is 0.321 e. The van der Waals surface area contributed by atoms with Gasteiger partial charge < -0.3 is 5.32 Å². The quantitative estimate of drug-likeness (QED) is 0.679. The summed E-state index contributed by atoms with van der Waals surface area (Å²) in [6, 6.07) is 2.28. The number of imidazole rings is 1. The van der Waals surface area contributed by atoms with Crippen molar-refractivity contribution >= 4 is 29.2 Å². The lowest BCUT2D eigenvalue weighted by Gasteiger charge is -2.22. The Bertz CT molecular complexity index is 1180. The zero-order valence-electron chi connectivity index (χ0n) is 14.7. The van der Waals surface area contributed by atoms with Crippen molar-refractivity contribution in [3.63, 3.8) is 0 Å². The van der Waals surface area contributed by atoms with Crippen LogP contribution in [0.5, 0.6) is 0 Å². The van der Waals surface area contributed by atoms with Gasteiger partial charge in [0.15, 0.2) is 5.65 Å². The summed E-state index contributed by atoms with van der Waals surface area (Å²) in [5.74, 6) is -2.86. The molecule has 4 heterocycles. The number of fused-ring (bicyclic) bond motifs is 1. The van der Waals surface area contributed by atoms with Gasteiger partial charge in [0.05, 0.1) is 28.5 Å². The molecule has 0 spiro atoms. The Labute approximate surface area is 167 Å². The Kier molecular flexibility index (Phi) is 3.98. The second-order valence-electron chi connectivity index (χ2n) is 7.06. The summed E-state index contributed by atoms with van der Waals surface area (Å²) >= 11 is 5.77. The molecule has 3 aromatic heterocycles. The molecule has 3 atom stereocenters. The van der Waals surface area contributed by atoms with Gasteiger partial charge in [0.1, 0.15) is 5.82 Å². The third-order valence-electron chi connectivity index (χ3n) is 5.23. The second-order valence-corrected chi connectivity index (χ2v) is 7.50. The van der Waals surface area contributed by atoms with Crippen LogP contribution in [-0.2, 0) is 4.79 Å². The molecule has 2 aliphatic rings. The molecule has 0 radical (unpaired) electrons. The van der Waals surface area contributed by atoms with Gasteiger partial charge in [-0.2, -0.15) is 14.0 Å². The minimum absolute atomic E-state index is 0.0421. The fourth-order valence-corrected chi connectivity index (χ4v) is 3.88. The number of carbonyl (C=O) groups is 2. The molecular weight excluding hydrogens is 406 g/mol. The minimum atomic E-state index is -0.778. The Morgan fingerprint density at radius 2 is 1.97 bits per heavy atom. The van der Waals surface area contributed by atoms with E-state index in [1.807, 2.05) is 0 Å². The number of hydrogen-bond acceptors (Lipinski definition) is 5. The maximum atomic E-state index is 14.3. The fourth-order valence-electron chi connectivity index (χ4n) is 3.74. The highest BCUT2D eigenvalue weighted by Gasteiger charge is 2.44. The van der Waals surface area contributed by atoms with Gasteiger partial charge in [0.2, 0.25) is 11.9 Å². The number of rotatable bonds is 3. The van der Waals surface area contributed by atoms with Crippen molar-refractivity contribution in [1.82, 2.24) is 30.2 Å². The van der Waals surface area contributed by atoms with Gasteiger partial charge in [-0.15, -0.1) is 0 Å². The van der Waals surface area contributed by atoms with E-state index in [1.165, 1.54) is 12.3 Å². The summed E-state index contributed by atoms with van der Waals surface area (Å²) in [5.41, 5.74) is 1.51. The van der Waals surface area contributed by atoms with Crippen molar-refractivity contribution in [2.24, 2.45) is 0 Å². The van der Waals surface area contributed by atoms with Crippen molar-refractivity contribution in [1.29, 1.82) is 0 Å². The highest BCUT2D eigenvalue weighted by Crippen LogP contribution is 2.55. The maximum absolute atomic E-state index is 14.3. The minimum Gasteiger partial charge on any atom is -0.337 e. The second kappa shape index (κ2) is 6.45. The number of imide groups is 1. The Balaban J connectivity index is 1.55. The van der Waals surface area contributed by atoms with E-state index in [9.17, 15) is 18.4 Å². The average Bonchev–Trinajstić information content (AvgIpc) is 3.37. The van der Waals surface area contributed by atoms with E-state index in [1.54, 1.807) is 6.07 Å². The van der Waals surface area contributed by atoms with Crippen LogP contribution in [0.1, 0.15) is 41.1 Å². The molecule has 3 amide bonds. The zero-order chi connectivity index (χ0) is 20.3. The van der Waals surface area contributed by atoms with Gasteiger partial charge in [-0.25, -0.2) is 14.2 Å². The SMILES string of the molecule is O=C1NCC(c2cc([C@H]3C[C@@H]3c3ncc(Cl)cc3F)c3ncc(F)n3n2)C(=O)N1. The third-order valence-corrected chi connectivity index (χ3v) is 5.43. The van der Waals surface area contributed by atoms with Crippen LogP contribution in [0.3, 0.4) is 0 Å². The lowest BCUT2D eigenvalue weighted by molar-refractivity contribution is -0.122. The highest BCUT2D eigenvalue weighted by molar-refractivity contribution is 6.30. The summed E-state index contributed by atoms with van der Waals surface area (Å²) in [4.78, 5) is 31.7. The first-order valence-corrected chi connectivity index (χ1v) is 9.24. The topological polar surface area (TPSA) is 101 Å². The molecular formula is C18H13ClF2N6O2. The normalized spacial score (nSPS) is 23.8. The van der Waals surface area contributed by atoms with Crippen molar-refractivity contribution in [2.75, 3.05) is 6.54 Å². The lowest BCUT2D eigenvalue weighted by atomic mass is 9.99. The average molecular weight is 419 g/mol. The molecule has 0 bridgehead atoms. The number of amides is 3. The van der Waals surface area contributed by atoms with E-state index < -0.39 is 29.6 Å². The molecule has 2 fully saturated rings. The fraction of sp³-hybridized carbons (Fsp3) is 0.278. The summed E-state index contributed by atoms with van der Waals surface area (Å²) in [7, 11) is 0. The largest absolute Gasteiger partial charge is 0.337 e. The van der Waals surface area contributed by atoms with Gasteiger partial charge in [-0.3, -0.25) is 15.1 Å². The van der Waals surface area contributed by atoms with Crippen LogP contribution in [-0.4, -0.2) is 38.1 Å². The van der Waals surface area contributed by atoms with Crippen LogP contribution >= 0.6 is 11.6 Å². The van der Waals surface area contributed by atoms with Gasteiger partial charge in [-0.1, -0.05) is 11.6 Å². The number of aromatic nitrogens is 4. The Morgan fingerprint density at radius 3 is 2.72 bits per heavy atom. The van der Waals surface area contributed by atoms with E-state index in [2.05, 4.69) is 25.7 Å². The van der Waals surface area contributed by atoms with Crippen molar-refractivity contribution in [3.8, 4) is 0 Å². The standard InChI is InChI=1S/C18H13ClF2N6O2/c19-7-1-12(20)15(22-4-7)9-2-8(9)10-3-13(11-5-24-18(29)25-17(11)28)26-27-14(21)6-23-16(10)27/h1,3-4,6,8-9,11H,2,5H2,(H2,24,25,28,29)/t8-,9-,11?/m0/s1. The van der Waals surface area contributed by atoms with Crippen LogP contribution in [0.4, 0.5) is 13.6 Å². The van der Waals surface area contributed by atoms with E-state index in [4.69, 9.17) is 11.6 Å². The molecule has 1 saturated carbocycles. The summed E-state index contributed by atoms with van der Waals surface area (Å²) in [5, 5.41) is 9.10. The molecule has 29 heavy (non-hydrogen) atoms. The summed E-state index contributed by atoms with van der Waals surface area (Å²) in [6.45, 7) is 0.0421. The number of nitrogens with one attached hydrogen (secondary N) is 2. The lowest BCUT2D eigenvalue weighted by Crippen LogP contribution is -2.51. The molecule has 1 unspecified atom stereocenters. The molecule has 0 aromatic carbocycles. The monoisotopic (exact) mass is 418 g/mol. The summed E-state index contributed by atoms with van der Waals surface area (Å²) < 4.78 is 29.5. The number of hydrogen-bond donors (Lipinski definition) is 2. The Hall–Kier alpha value is -3.14. The van der Waals surface area contributed by atoms with Crippen LogP contribution < -0.4 is 10.6 Å². The molecule has 1 aliphatic carbocycles. The van der Waals surface area contributed by atoms with E-state index in [0.717, 1.165) is 10.7 Å². The van der Waals surface area contributed by atoms with Crippen LogP contribution in [0, 0.1) is 11.8 Å². The van der Waals surface area contributed by atoms with Crippen molar-refractivity contribution < 1.29 is 18.4 Å². The van der Waals surface area contributed by atoms with E-state index >= 15 is 0 Å². The van der Waals surface area contributed by atoms with E-state index in [-0.39, 0.29) is 34.8 Å². The van der Waals surface area contributed by atoms with Gasteiger partial charge in [0.25, 0.3) is 0 Å². The number of urea groups is 1. The number of carbonyl (C=O) groups excluding carboxylic acids is 2. The molecule has 5 rings (SSSR count). The number of halogens is 3. The van der Waals surface area contributed by atoms with Gasteiger partial charge in [0, 0.05) is 24.2 Å². The molecule has 148 valence electrons. The maximum Gasteiger partial charge on any atom is 0.321 e. The predicted molar refractivity (Wildman–Crippen MR) is 96.5 cm³/mol. The van der Waals surface area contributed by atoms with Crippen molar-refractivity contribution in [2.45, 2.75) is 24.2 Å². The predicted octanol–water partition coefficient (Wildman–Crippen LogP) is 2.25. The van der Waals surface area contributed by atoms with Crippen LogP contribution in [0.25, 0.3) is 5.65 Å². The van der Waals surface area contributed by atoms with E-state index in [0.29, 0.717) is 17.6 Å². The zero-order valence-corrected chi connectivity index (χ0v) is 15.5. The molecule has 8 nitrogen and oxygen atoms in total. The molecule has 1 saturated heterocycles. The third kappa shape index (κ3) is 3.00. The molecule has 3 aromatic rings. The first-order chi connectivity index (χ1) is 13.9. The molecule has 1 aliphatic heterocycles. The Morgan fingerprint density at radius 1 is 1.14 bits per heavy atom. The van der Waals surface area contributed by atoms with Crippen LogP contribution in [0.15, 0.2) is 24.5 Å². The highest BCUT2D eigenvalue weighted by atomic mass is 35.5. The molecule has 11 heteroatoms. The number of nitrogens with zero attached hydrogens (tertiary/aromatic N) is 4. The number of pyridine rings is 1. The molecule has 2 N–H and O–H groups in total. The van der Waals surface area contributed by atoms with Gasteiger partial charge in [-0.05, 0) is 24.5 Å².